The second kappa shape index (κ2) is 4.49. The molecular formula is C10H7Cl2NOS. The molecular weight excluding hydrogens is 253 g/mol. The van der Waals surface area contributed by atoms with Gasteiger partial charge < -0.3 is 5.11 Å². The van der Waals surface area contributed by atoms with E-state index in [1.165, 1.54) is 11.3 Å². The Balaban J connectivity index is 2.34. The summed E-state index contributed by atoms with van der Waals surface area (Å²) < 4.78 is 0. The van der Waals surface area contributed by atoms with Gasteiger partial charge in [-0.1, -0.05) is 29.3 Å². The highest BCUT2D eigenvalue weighted by Gasteiger charge is 2.13. The van der Waals surface area contributed by atoms with Gasteiger partial charge in [-0.15, -0.1) is 11.3 Å². The van der Waals surface area contributed by atoms with Crippen molar-refractivity contribution in [2.24, 2.45) is 0 Å². The van der Waals surface area contributed by atoms with Gasteiger partial charge in [0, 0.05) is 5.38 Å². The summed E-state index contributed by atoms with van der Waals surface area (Å²) in [4.78, 5) is 4.04. The Morgan fingerprint density at radius 2 is 2.07 bits per heavy atom. The van der Waals surface area contributed by atoms with Crippen LogP contribution in [0.5, 0.6) is 0 Å². The predicted molar refractivity (Wildman–Crippen MR) is 62.6 cm³/mol. The smallest absolute Gasteiger partial charge is 0.122 e. The lowest BCUT2D eigenvalue weighted by atomic mass is 10.1. The molecule has 2 aromatic rings. The summed E-state index contributed by atoms with van der Waals surface area (Å²) in [5.74, 6) is 0. The van der Waals surface area contributed by atoms with Crippen LogP contribution in [0.25, 0.3) is 0 Å². The minimum absolute atomic E-state index is 0.434. The van der Waals surface area contributed by atoms with Gasteiger partial charge in [-0.3, -0.25) is 0 Å². The molecule has 0 aliphatic rings. The molecule has 1 aromatic heterocycles. The van der Waals surface area contributed by atoms with Crippen LogP contribution in [0.4, 0.5) is 0 Å². The number of aliphatic hydroxyl groups excluding tert-OH is 1. The Hall–Kier alpha value is -0.610. The van der Waals surface area contributed by atoms with Gasteiger partial charge in [-0.2, -0.15) is 0 Å². The zero-order valence-corrected chi connectivity index (χ0v) is 9.85. The first-order valence-electron chi connectivity index (χ1n) is 4.19. The lowest BCUT2D eigenvalue weighted by Gasteiger charge is -2.08. The van der Waals surface area contributed by atoms with E-state index in [9.17, 15) is 5.11 Å². The zero-order valence-electron chi connectivity index (χ0n) is 7.52. The molecule has 0 radical (unpaired) electrons. The summed E-state index contributed by atoms with van der Waals surface area (Å²) in [6.07, 6.45) is -0.744. The maximum atomic E-state index is 9.94. The third-order valence-corrected chi connectivity index (χ3v) is 3.33. The molecule has 78 valence electrons. The van der Waals surface area contributed by atoms with Crippen LogP contribution < -0.4 is 0 Å². The van der Waals surface area contributed by atoms with Crippen LogP contribution in [-0.4, -0.2) is 10.1 Å². The molecule has 0 bridgehead atoms. The van der Waals surface area contributed by atoms with Crippen LogP contribution in [0.2, 0.25) is 10.0 Å². The van der Waals surface area contributed by atoms with Crippen LogP contribution in [-0.2, 0) is 0 Å². The predicted octanol–water partition coefficient (Wildman–Crippen LogP) is 3.53. The summed E-state index contributed by atoms with van der Waals surface area (Å²) in [5, 5.41) is 12.6. The van der Waals surface area contributed by atoms with Crippen molar-refractivity contribution < 1.29 is 5.11 Å². The second-order valence-corrected chi connectivity index (χ2v) is 4.52. The van der Waals surface area contributed by atoms with E-state index in [0.29, 0.717) is 21.3 Å². The molecule has 2 nitrogen and oxygen atoms in total. The normalized spacial score (nSPS) is 12.7. The molecule has 0 saturated carbocycles. The summed E-state index contributed by atoms with van der Waals surface area (Å²) in [7, 11) is 0. The quantitative estimate of drug-likeness (QED) is 0.895. The fourth-order valence-corrected chi connectivity index (χ4v) is 2.09. The van der Waals surface area contributed by atoms with Gasteiger partial charge in [0.05, 0.1) is 21.2 Å². The zero-order chi connectivity index (χ0) is 10.8. The molecule has 1 aromatic carbocycles. The van der Waals surface area contributed by atoms with E-state index in [4.69, 9.17) is 23.2 Å². The minimum atomic E-state index is -0.744. The molecule has 0 amide bonds. The molecule has 1 unspecified atom stereocenters. The van der Waals surface area contributed by atoms with Gasteiger partial charge in [0.25, 0.3) is 0 Å². The summed E-state index contributed by atoms with van der Waals surface area (Å²) in [6, 6.07) is 5.04. The van der Waals surface area contributed by atoms with Gasteiger partial charge >= 0.3 is 0 Å². The summed E-state index contributed by atoms with van der Waals surface area (Å²) >= 11 is 13.1. The van der Waals surface area contributed by atoms with Crippen molar-refractivity contribution in [3.63, 3.8) is 0 Å². The first-order chi connectivity index (χ1) is 7.18. The number of thiazole rings is 1. The fourth-order valence-electron chi connectivity index (χ4n) is 1.21. The second-order valence-electron chi connectivity index (χ2n) is 2.99. The first kappa shape index (κ1) is 10.9. The Kier molecular flexibility index (Phi) is 3.26. The monoisotopic (exact) mass is 259 g/mol. The fraction of sp³-hybridized carbons (Fsp3) is 0.100. The third kappa shape index (κ3) is 2.32. The molecule has 0 spiro atoms. The van der Waals surface area contributed by atoms with E-state index in [-0.39, 0.29) is 0 Å². The number of benzene rings is 1. The average Bonchev–Trinajstić information content (AvgIpc) is 2.74. The third-order valence-electron chi connectivity index (χ3n) is 1.99. The van der Waals surface area contributed by atoms with E-state index in [2.05, 4.69) is 4.98 Å². The highest BCUT2D eigenvalue weighted by atomic mass is 35.5. The number of halogens is 2. The van der Waals surface area contributed by atoms with Gasteiger partial charge in [0.15, 0.2) is 0 Å². The number of hydrogen-bond acceptors (Lipinski definition) is 3. The largest absolute Gasteiger partial charge is 0.382 e. The SMILES string of the molecule is OC(c1ccc(Cl)c(Cl)c1)c1cscn1. The maximum Gasteiger partial charge on any atom is 0.122 e. The molecule has 15 heavy (non-hydrogen) atoms. The van der Waals surface area contributed by atoms with Crippen LogP contribution in [0.15, 0.2) is 29.1 Å². The number of aliphatic hydroxyl groups is 1. The molecule has 1 N–H and O–H groups in total. The molecule has 1 atom stereocenters. The van der Waals surface area contributed by atoms with Crippen LogP contribution in [0.3, 0.4) is 0 Å². The Labute approximate surface area is 101 Å². The molecule has 5 heteroatoms. The van der Waals surface area contributed by atoms with Gasteiger partial charge in [0.2, 0.25) is 0 Å². The number of rotatable bonds is 2. The molecule has 1 heterocycles. The van der Waals surface area contributed by atoms with E-state index >= 15 is 0 Å². The highest BCUT2D eigenvalue weighted by Crippen LogP contribution is 2.28. The van der Waals surface area contributed by atoms with Crippen molar-refractivity contribution >= 4 is 34.5 Å². The van der Waals surface area contributed by atoms with Crippen molar-refractivity contribution in [3.8, 4) is 0 Å². The van der Waals surface area contributed by atoms with Crippen molar-refractivity contribution in [1.29, 1.82) is 0 Å². The van der Waals surface area contributed by atoms with Gasteiger partial charge in [0.1, 0.15) is 6.10 Å². The van der Waals surface area contributed by atoms with Gasteiger partial charge in [-0.25, -0.2) is 4.98 Å². The highest BCUT2D eigenvalue weighted by molar-refractivity contribution is 7.07. The lowest BCUT2D eigenvalue weighted by Crippen LogP contribution is -1.99. The number of nitrogens with zero attached hydrogens (tertiary/aromatic N) is 1. The van der Waals surface area contributed by atoms with E-state index in [1.807, 2.05) is 0 Å². The summed E-state index contributed by atoms with van der Waals surface area (Å²) in [5.41, 5.74) is 2.99. The molecule has 0 fully saturated rings. The lowest BCUT2D eigenvalue weighted by molar-refractivity contribution is 0.216. The van der Waals surface area contributed by atoms with Crippen molar-refractivity contribution in [3.05, 3.63) is 50.4 Å². The van der Waals surface area contributed by atoms with E-state index in [1.54, 1.807) is 29.1 Å². The van der Waals surface area contributed by atoms with Crippen LogP contribution in [0.1, 0.15) is 17.4 Å². The molecule has 0 saturated heterocycles. The van der Waals surface area contributed by atoms with E-state index in [0.717, 1.165) is 0 Å². The van der Waals surface area contributed by atoms with Gasteiger partial charge in [-0.05, 0) is 17.7 Å². The van der Waals surface area contributed by atoms with Crippen molar-refractivity contribution in [1.82, 2.24) is 4.98 Å². The molecule has 2 rings (SSSR count). The molecule has 0 aliphatic heterocycles. The van der Waals surface area contributed by atoms with Crippen LogP contribution >= 0.6 is 34.5 Å². The minimum Gasteiger partial charge on any atom is -0.382 e. The Morgan fingerprint density at radius 1 is 1.27 bits per heavy atom. The number of aromatic nitrogens is 1. The van der Waals surface area contributed by atoms with Crippen LogP contribution in [0, 0.1) is 0 Å². The Morgan fingerprint density at radius 3 is 2.67 bits per heavy atom. The van der Waals surface area contributed by atoms with E-state index < -0.39 is 6.10 Å². The first-order valence-corrected chi connectivity index (χ1v) is 5.89. The van der Waals surface area contributed by atoms with Crippen molar-refractivity contribution in [2.45, 2.75) is 6.10 Å². The topological polar surface area (TPSA) is 33.1 Å². The summed E-state index contributed by atoms with van der Waals surface area (Å²) in [6.45, 7) is 0. The van der Waals surface area contributed by atoms with Crippen molar-refractivity contribution in [2.75, 3.05) is 0 Å². The number of hydrogen-bond donors (Lipinski definition) is 1. The standard InChI is InChI=1S/C10H7Cl2NOS/c11-7-2-1-6(3-8(7)12)10(14)9-4-15-5-13-9/h1-5,10,14H. The Bertz CT molecular complexity index is 458. The molecule has 0 aliphatic carbocycles. The maximum absolute atomic E-state index is 9.94. The average molecular weight is 260 g/mol.